The minimum atomic E-state index is -0.733. The number of nitrogens with zero attached hydrogens (tertiary/aromatic N) is 2. The van der Waals surface area contributed by atoms with Gasteiger partial charge in [0.05, 0.1) is 17.8 Å². The number of primary amides is 1. The van der Waals surface area contributed by atoms with Crippen molar-refractivity contribution < 1.29 is 14.6 Å². The van der Waals surface area contributed by atoms with Gasteiger partial charge in [0.1, 0.15) is 18.9 Å². The summed E-state index contributed by atoms with van der Waals surface area (Å²) in [4.78, 5) is 10.7. The van der Waals surface area contributed by atoms with Crippen LogP contribution in [0, 0.1) is 0 Å². The van der Waals surface area contributed by atoms with Crippen LogP contribution in [-0.4, -0.2) is 45.1 Å². The topological polar surface area (TPSA) is 110 Å². The Kier molecular flexibility index (Phi) is 5.09. The molecule has 0 aliphatic carbocycles. The van der Waals surface area contributed by atoms with Crippen molar-refractivity contribution in [2.75, 3.05) is 13.2 Å². The molecule has 0 spiro atoms. The first-order chi connectivity index (χ1) is 7.59. The lowest BCUT2D eigenvalue weighted by atomic mass is 10.3. The number of carbonyl (C=O) groups excluding carboxylic acids is 1. The van der Waals surface area contributed by atoms with Gasteiger partial charge in [-0.2, -0.15) is 4.37 Å². The fourth-order valence-electron chi connectivity index (χ4n) is 0.874. The third kappa shape index (κ3) is 4.51. The van der Waals surface area contributed by atoms with Crippen LogP contribution in [0.5, 0.6) is 5.88 Å². The Morgan fingerprint density at radius 1 is 1.81 bits per heavy atom. The maximum absolute atomic E-state index is 10.7. The molecule has 90 valence electrons. The number of amides is 1. The average Bonchev–Trinajstić information content (AvgIpc) is 2.75. The first kappa shape index (κ1) is 12.8. The molecule has 2 unspecified atom stereocenters. The number of hydrogen-bond donors (Lipinski definition) is 3. The minimum absolute atomic E-state index is 0.0872. The van der Waals surface area contributed by atoms with Gasteiger partial charge in [0.15, 0.2) is 0 Å². The third-order valence-corrected chi connectivity index (χ3v) is 2.31. The van der Waals surface area contributed by atoms with Gasteiger partial charge < -0.3 is 20.9 Å². The summed E-state index contributed by atoms with van der Waals surface area (Å²) >= 11 is 1.03. The SMILES string of the molecule is CC(NCC(O)COc1cnsn1)C(N)=O. The number of hydrogen-bond acceptors (Lipinski definition) is 7. The first-order valence-corrected chi connectivity index (χ1v) is 5.43. The van der Waals surface area contributed by atoms with Gasteiger partial charge in [0.25, 0.3) is 0 Å². The number of aromatic nitrogens is 2. The molecule has 2 atom stereocenters. The molecule has 4 N–H and O–H groups in total. The summed E-state index contributed by atoms with van der Waals surface area (Å²) in [7, 11) is 0. The zero-order valence-electron chi connectivity index (χ0n) is 8.79. The van der Waals surface area contributed by atoms with E-state index < -0.39 is 18.1 Å². The summed E-state index contributed by atoms with van der Waals surface area (Å²) in [5, 5.41) is 12.3. The summed E-state index contributed by atoms with van der Waals surface area (Å²) in [6, 6.07) is -0.476. The van der Waals surface area contributed by atoms with E-state index in [9.17, 15) is 9.90 Å². The number of rotatable bonds is 7. The van der Waals surface area contributed by atoms with Crippen molar-refractivity contribution in [3.8, 4) is 5.88 Å². The van der Waals surface area contributed by atoms with E-state index >= 15 is 0 Å². The molecule has 1 aromatic heterocycles. The highest BCUT2D eigenvalue weighted by atomic mass is 32.1. The molecule has 0 radical (unpaired) electrons. The van der Waals surface area contributed by atoms with E-state index in [0.717, 1.165) is 11.7 Å². The van der Waals surface area contributed by atoms with Crippen LogP contribution in [0.2, 0.25) is 0 Å². The Hall–Kier alpha value is -1.25. The van der Waals surface area contributed by atoms with Crippen LogP contribution < -0.4 is 15.8 Å². The normalized spacial score (nSPS) is 14.4. The molecular weight excluding hydrogens is 232 g/mol. The van der Waals surface area contributed by atoms with E-state index in [0.29, 0.717) is 5.88 Å². The standard InChI is InChI=1S/C8H14N4O3S/c1-5(8(9)14)10-2-6(13)4-15-7-3-11-16-12-7/h3,5-6,10,13H,2,4H2,1H3,(H2,9,14). The molecule has 16 heavy (non-hydrogen) atoms. The Morgan fingerprint density at radius 2 is 2.56 bits per heavy atom. The van der Waals surface area contributed by atoms with E-state index in [1.165, 1.54) is 6.20 Å². The molecule has 8 heteroatoms. The molecule has 0 fully saturated rings. The second-order valence-electron chi connectivity index (χ2n) is 3.24. The van der Waals surface area contributed by atoms with Crippen LogP contribution in [0.4, 0.5) is 0 Å². The van der Waals surface area contributed by atoms with Crippen molar-refractivity contribution in [3.05, 3.63) is 6.20 Å². The Bertz CT molecular complexity index is 319. The van der Waals surface area contributed by atoms with Crippen molar-refractivity contribution in [2.45, 2.75) is 19.1 Å². The van der Waals surface area contributed by atoms with Crippen LogP contribution >= 0.6 is 11.7 Å². The molecule has 1 heterocycles. The monoisotopic (exact) mass is 246 g/mol. The van der Waals surface area contributed by atoms with Crippen LogP contribution in [0.25, 0.3) is 0 Å². The average molecular weight is 246 g/mol. The Balaban J connectivity index is 2.16. The van der Waals surface area contributed by atoms with Crippen LogP contribution in [0.1, 0.15) is 6.92 Å². The van der Waals surface area contributed by atoms with Gasteiger partial charge in [-0.25, -0.2) is 0 Å². The van der Waals surface area contributed by atoms with Gasteiger partial charge >= 0.3 is 0 Å². The van der Waals surface area contributed by atoms with Gasteiger partial charge in [-0.15, -0.1) is 4.37 Å². The summed E-state index contributed by atoms with van der Waals surface area (Å²) < 4.78 is 12.7. The quantitative estimate of drug-likeness (QED) is 0.554. The fourth-order valence-corrected chi connectivity index (χ4v) is 1.24. The molecule has 0 aliphatic heterocycles. The molecule has 1 rings (SSSR count). The van der Waals surface area contributed by atoms with Gasteiger partial charge in [-0.3, -0.25) is 4.79 Å². The summed E-state index contributed by atoms with van der Waals surface area (Å²) in [6.45, 7) is 1.94. The van der Waals surface area contributed by atoms with Crippen LogP contribution in [-0.2, 0) is 4.79 Å². The Morgan fingerprint density at radius 3 is 3.12 bits per heavy atom. The number of nitrogens with two attached hydrogens (primary N) is 1. The van der Waals surface area contributed by atoms with Crippen molar-refractivity contribution in [2.24, 2.45) is 5.73 Å². The Labute approximate surface area is 96.9 Å². The molecule has 0 aliphatic rings. The zero-order chi connectivity index (χ0) is 12.0. The second kappa shape index (κ2) is 6.36. The molecule has 0 bridgehead atoms. The molecule has 0 saturated carbocycles. The van der Waals surface area contributed by atoms with Crippen molar-refractivity contribution in [1.82, 2.24) is 14.1 Å². The maximum Gasteiger partial charge on any atom is 0.245 e. The number of nitrogens with one attached hydrogen (secondary N) is 1. The third-order valence-electron chi connectivity index (χ3n) is 1.85. The molecule has 0 aromatic carbocycles. The van der Waals surface area contributed by atoms with Crippen molar-refractivity contribution in [3.63, 3.8) is 0 Å². The maximum atomic E-state index is 10.7. The number of ether oxygens (including phenoxy) is 1. The minimum Gasteiger partial charge on any atom is -0.473 e. The van der Waals surface area contributed by atoms with E-state index in [1.807, 2.05) is 0 Å². The highest BCUT2D eigenvalue weighted by Gasteiger charge is 2.11. The van der Waals surface area contributed by atoms with Crippen LogP contribution in [0.3, 0.4) is 0 Å². The summed E-state index contributed by atoms with van der Waals surface area (Å²) in [5.41, 5.74) is 5.04. The lowest BCUT2D eigenvalue weighted by Crippen LogP contribution is -2.43. The molecular formula is C8H14N4O3S. The van der Waals surface area contributed by atoms with E-state index in [-0.39, 0.29) is 13.2 Å². The smallest absolute Gasteiger partial charge is 0.245 e. The van der Waals surface area contributed by atoms with Gasteiger partial charge in [0.2, 0.25) is 11.8 Å². The first-order valence-electron chi connectivity index (χ1n) is 4.70. The number of aliphatic hydroxyl groups is 1. The number of carbonyl (C=O) groups is 1. The number of aliphatic hydroxyl groups excluding tert-OH is 1. The molecule has 1 aromatic rings. The van der Waals surface area contributed by atoms with Gasteiger partial charge in [0, 0.05) is 6.54 Å². The summed E-state index contributed by atoms with van der Waals surface area (Å²) in [5.74, 6) is -0.0798. The van der Waals surface area contributed by atoms with E-state index in [2.05, 4.69) is 14.1 Å². The van der Waals surface area contributed by atoms with Crippen LogP contribution in [0.15, 0.2) is 6.20 Å². The lowest BCUT2D eigenvalue weighted by Gasteiger charge is -2.14. The predicted molar refractivity (Wildman–Crippen MR) is 58.1 cm³/mol. The largest absolute Gasteiger partial charge is 0.473 e. The lowest BCUT2D eigenvalue weighted by molar-refractivity contribution is -0.119. The van der Waals surface area contributed by atoms with Crippen molar-refractivity contribution in [1.29, 1.82) is 0 Å². The fraction of sp³-hybridized carbons (Fsp3) is 0.625. The molecule has 0 saturated heterocycles. The predicted octanol–water partition coefficient (Wildman–Crippen LogP) is -1.26. The van der Waals surface area contributed by atoms with Gasteiger partial charge in [-0.1, -0.05) is 0 Å². The van der Waals surface area contributed by atoms with E-state index in [1.54, 1.807) is 6.92 Å². The molecule has 1 amide bonds. The van der Waals surface area contributed by atoms with E-state index in [4.69, 9.17) is 10.5 Å². The highest BCUT2D eigenvalue weighted by molar-refractivity contribution is 6.99. The van der Waals surface area contributed by atoms with Crippen molar-refractivity contribution >= 4 is 17.6 Å². The summed E-state index contributed by atoms with van der Waals surface area (Å²) in [6.07, 6.45) is 0.736. The highest BCUT2D eigenvalue weighted by Crippen LogP contribution is 2.04. The zero-order valence-corrected chi connectivity index (χ0v) is 9.61. The second-order valence-corrected chi connectivity index (χ2v) is 3.80. The van der Waals surface area contributed by atoms with Gasteiger partial charge in [-0.05, 0) is 6.92 Å². The molecule has 7 nitrogen and oxygen atoms in total.